The monoisotopic (exact) mass is 310 g/mol. The molecule has 1 unspecified atom stereocenters. The molecular formula is C18H30O4. The van der Waals surface area contributed by atoms with Crippen LogP contribution in [0.3, 0.4) is 0 Å². The third kappa shape index (κ3) is 13.5. The van der Waals surface area contributed by atoms with E-state index in [-0.39, 0.29) is 11.9 Å². The van der Waals surface area contributed by atoms with Gasteiger partial charge in [-0.2, -0.15) is 0 Å². The molecule has 22 heavy (non-hydrogen) atoms. The zero-order valence-corrected chi connectivity index (χ0v) is 14.1. The number of esters is 2. The minimum absolute atomic E-state index is 0.0844. The molecule has 0 fully saturated rings. The first-order chi connectivity index (χ1) is 10.6. The van der Waals surface area contributed by atoms with Crippen LogP contribution in [0, 0.1) is 12.3 Å². The van der Waals surface area contributed by atoms with Gasteiger partial charge in [-0.25, -0.2) is 0 Å². The number of ether oxygens (including phenoxy) is 2. The summed E-state index contributed by atoms with van der Waals surface area (Å²) < 4.78 is 10.1. The molecule has 0 rings (SSSR count). The lowest BCUT2D eigenvalue weighted by atomic mass is 10.1. The Hall–Kier alpha value is -1.50. The van der Waals surface area contributed by atoms with E-state index >= 15 is 0 Å². The molecular weight excluding hydrogens is 280 g/mol. The number of carbonyl (C=O) groups is 2. The lowest BCUT2D eigenvalue weighted by Crippen LogP contribution is -2.12. The van der Waals surface area contributed by atoms with Crippen LogP contribution in [-0.2, 0) is 19.1 Å². The highest BCUT2D eigenvalue weighted by atomic mass is 16.5. The van der Waals surface area contributed by atoms with E-state index in [0.717, 1.165) is 51.4 Å². The van der Waals surface area contributed by atoms with E-state index in [9.17, 15) is 9.59 Å². The van der Waals surface area contributed by atoms with Gasteiger partial charge in [0.15, 0.2) is 6.10 Å². The zero-order valence-electron chi connectivity index (χ0n) is 14.1. The summed E-state index contributed by atoms with van der Waals surface area (Å²) in [6, 6.07) is 0. The Morgan fingerprint density at radius 2 is 1.50 bits per heavy atom. The Morgan fingerprint density at radius 3 is 2.05 bits per heavy atom. The molecule has 4 nitrogen and oxygen atoms in total. The number of terminal acetylenes is 1. The molecule has 0 spiro atoms. The average molecular weight is 310 g/mol. The number of hydrogen-bond acceptors (Lipinski definition) is 4. The minimum Gasteiger partial charge on any atom is -0.466 e. The van der Waals surface area contributed by atoms with Crippen molar-refractivity contribution in [3.05, 3.63) is 0 Å². The smallest absolute Gasteiger partial charge is 0.307 e. The first-order valence-corrected chi connectivity index (χ1v) is 8.41. The molecule has 0 aliphatic heterocycles. The highest BCUT2D eigenvalue weighted by molar-refractivity contribution is 5.69. The fourth-order valence-corrected chi connectivity index (χ4v) is 1.94. The van der Waals surface area contributed by atoms with Crippen molar-refractivity contribution in [2.45, 2.75) is 84.2 Å². The molecule has 0 saturated heterocycles. The lowest BCUT2D eigenvalue weighted by Gasteiger charge is -2.07. The van der Waals surface area contributed by atoms with E-state index < -0.39 is 6.10 Å². The van der Waals surface area contributed by atoms with Gasteiger partial charge in [0.1, 0.15) is 0 Å². The number of carbonyl (C=O) groups excluding carboxylic acids is 2. The largest absolute Gasteiger partial charge is 0.466 e. The molecule has 4 heteroatoms. The summed E-state index contributed by atoms with van der Waals surface area (Å²) in [5.74, 6) is 2.06. The SMILES string of the molecule is C#CC(C)OC(=O)CCCCCCCCC(=O)OCCCC. The Kier molecular flexibility index (Phi) is 13.5. The van der Waals surface area contributed by atoms with Gasteiger partial charge in [0, 0.05) is 12.8 Å². The van der Waals surface area contributed by atoms with Crippen molar-refractivity contribution in [3.8, 4) is 12.3 Å². The van der Waals surface area contributed by atoms with E-state index in [1.165, 1.54) is 0 Å². The summed E-state index contributed by atoms with van der Waals surface area (Å²) in [6.07, 6.45) is 13.5. The van der Waals surface area contributed by atoms with E-state index in [1.54, 1.807) is 6.92 Å². The van der Waals surface area contributed by atoms with Crippen LogP contribution < -0.4 is 0 Å². The summed E-state index contributed by atoms with van der Waals surface area (Å²) in [5, 5.41) is 0. The molecule has 0 aliphatic carbocycles. The van der Waals surface area contributed by atoms with E-state index in [0.29, 0.717) is 19.4 Å². The van der Waals surface area contributed by atoms with Crippen LogP contribution in [0.25, 0.3) is 0 Å². The molecule has 0 saturated carbocycles. The van der Waals surface area contributed by atoms with Crippen molar-refractivity contribution < 1.29 is 19.1 Å². The molecule has 0 aliphatic rings. The van der Waals surface area contributed by atoms with Gasteiger partial charge in [-0.05, 0) is 26.2 Å². The molecule has 0 bridgehead atoms. The van der Waals surface area contributed by atoms with Crippen LogP contribution in [-0.4, -0.2) is 24.6 Å². The van der Waals surface area contributed by atoms with Crippen molar-refractivity contribution >= 4 is 11.9 Å². The van der Waals surface area contributed by atoms with Crippen LogP contribution in [0.4, 0.5) is 0 Å². The van der Waals surface area contributed by atoms with Crippen molar-refractivity contribution in [2.24, 2.45) is 0 Å². The van der Waals surface area contributed by atoms with Gasteiger partial charge in [-0.15, -0.1) is 6.42 Å². The first kappa shape index (κ1) is 20.5. The van der Waals surface area contributed by atoms with Crippen molar-refractivity contribution in [1.82, 2.24) is 0 Å². The van der Waals surface area contributed by atoms with Crippen molar-refractivity contribution in [2.75, 3.05) is 6.61 Å². The van der Waals surface area contributed by atoms with Gasteiger partial charge in [-0.3, -0.25) is 9.59 Å². The molecule has 0 aromatic rings. The van der Waals surface area contributed by atoms with E-state index in [2.05, 4.69) is 12.8 Å². The van der Waals surface area contributed by atoms with E-state index in [1.807, 2.05) is 0 Å². The molecule has 0 heterocycles. The molecule has 0 aromatic carbocycles. The summed E-state index contributed by atoms with van der Waals surface area (Å²) in [4.78, 5) is 22.7. The van der Waals surface area contributed by atoms with Gasteiger partial charge < -0.3 is 9.47 Å². The van der Waals surface area contributed by atoms with Crippen molar-refractivity contribution in [3.63, 3.8) is 0 Å². The molecule has 0 radical (unpaired) electrons. The standard InChI is InChI=1S/C18H30O4/c1-4-6-15-21-17(19)13-11-9-7-8-10-12-14-18(20)22-16(3)5-2/h2,16H,4,6-15H2,1,3H3. The fourth-order valence-electron chi connectivity index (χ4n) is 1.94. The van der Waals surface area contributed by atoms with Crippen molar-refractivity contribution in [1.29, 1.82) is 0 Å². The normalized spacial score (nSPS) is 11.5. The molecule has 126 valence electrons. The van der Waals surface area contributed by atoms with Gasteiger partial charge in [0.2, 0.25) is 0 Å². The molecule has 0 aromatic heterocycles. The highest BCUT2D eigenvalue weighted by Crippen LogP contribution is 2.10. The fraction of sp³-hybridized carbons (Fsp3) is 0.778. The Bertz CT molecular complexity index is 343. The first-order valence-electron chi connectivity index (χ1n) is 8.41. The average Bonchev–Trinajstić information content (AvgIpc) is 2.50. The zero-order chi connectivity index (χ0) is 16.6. The van der Waals surface area contributed by atoms with Crippen LogP contribution in [0.1, 0.15) is 78.1 Å². The Labute approximate surface area is 134 Å². The van der Waals surface area contributed by atoms with Gasteiger partial charge in [0.25, 0.3) is 0 Å². The molecule has 1 atom stereocenters. The molecule has 0 N–H and O–H groups in total. The highest BCUT2D eigenvalue weighted by Gasteiger charge is 2.06. The second-order valence-electron chi connectivity index (χ2n) is 5.49. The van der Waals surface area contributed by atoms with Gasteiger partial charge in [-0.1, -0.05) is 44.9 Å². The van der Waals surface area contributed by atoms with Gasteiger partial charge in [0.05, 0.1) is 6.61 Å². The summed E-state index contributed by atoms with van der Waals surface area (Å²) in [5.41, 5.74) is 0. The number of unbranched alkanes of at least 4 members (excludes halogenated alkanes) is 6. The maximum Gasteiger partial charge on any atom is 0.307 e. The second-order valence-corrected chi connectivity index (χ2v) is 5.49. The lowest BCUT2D eigenvalue weighted by molar-refractivity contribution is -0.146. The summed E-state index contributed by atoms with van der Waals surface area (Å²) in [6.45, 7) is 4.30. The number of hydrogen-bond donors (Lipinski definition) is 0. The summed E-state index contributed by atoms with van der Waals surface area (Å²) >= 11 is 0. The predicted octanol–water partition coefficient (Wildman–Crippen LogP) is 4.02. The maximum atomic E-state index is 11.4. The number of rotatable bonds is 13. The Balaban J connectivity index is 3.32. The third-order valence-electron chi connectivity index (χ3n) is 3.32. The molecule has 0 amide bonds. The Morgan fingerprint density at radius 1 is 0.955 bits per heavy atom. The summed E-state index contributed by atoms with van der Waals surface area (Å²) in [7, 11) is 0. The third-order valence-corrected chi connectivity index (χ3v) is 3.32. The quantitative estimate of drug-likeness (QED) is 0.293. The van der Waals surface area contributed by atoms with Crippen LogP contribution in [0.15, 0.2) is 0 Å². The topological polar surface area (TPSA) is 52.6 Å². The maximum absolute atomic E-state index is 11.4. The minimum atomic E-state index is -0.440. The van der Waals surface area contributed by atoms with Crippen LogP contribution >= 0.6 is 0 Å². The van der Waals surface area contributed by atoms with Crippen LogP contribution in [0.5, 0.6) is 0 Å². The second kappa shape index (κ2) is 14.4. The van der Waals surface area contributed by atoms with E-state index in [4.69, 9.17) is 15.9 Å². The predicted molar refractivity (Wildman–Crippen MR) is 87.2 cm³/mol. The van der Waals surface area contributed by atoms with Crippen LogP contribution in [0.2, 0.25) is 0 Å². The van der Waals surface area contributed by atoms with Gasteiger partial charge >= 0.3 is 11.9 Å².